The maximum Gasteiger partial charge on any atom is 0.294 e. The molecule has 1 aromatic carbocycles. The van der Waals surface area contributed by atoms with Crippen molar-refractivity contribution in [1.82, 2.24) is 5.32 Å². The minimum atomic E-state index is -0.565. The van der Waals surface area contributed by atoms with Crippen molar-refractivity contribution in [1.29, 1.82) is 0 Å². The summed E-state index contributed by atoms with van der Waals surface area (Å²) in [5.74, 6) is 5.00. The summed E-state index contributed by atoms with van der Waals surface area (Å²) in [5, 5.41) is 13.9. The Hall–Kier alpha value is -2.15. The number of carbonyl (C=O) groups is 1. The van der Waals surface area contributed by atoms with E-state index in [1.54, 1.807) is 0 Å². The topological polar surface area (TPSA) is 110 Å². The molecular formula is C13H18N4O3. The summed E-state index contributed by atoms with van der Waals surface area (Å²) in [6, 6.07) is 4.32. The van der Waals surface area contributed by atoms with Crippen LogP contribution in [0.25, 0.3) is 0 Å². The molecule has 0 aromatic heterocycles. The minimum Gasteiger partial charge on any atom is -0.347 e. The largest absolute Gasteiger partial charge is 0.347 e. The highest BCUT2D eigenvalue weighted by Gasteiger charge is 2.37. The molecule has 1 aliphatic carbocycles. The second kappa shape index (κ2) is 5.46. The summed E-state index contributed by atoms with van der Waals surface area (Å²) in [7, 11) is 0. The molecule has 0 radical (unpaired) electrons. The number of rotatable bonds is 5. The highest BCUT2D eigenvalue weighted by Crippen LogP contribution is 2.35. The number of hydrazine groups is 1. The molecule has 0 saturated heterocycles. The van der Waals surface area contributed by atoms with Gasteiger partial charge in [0.15, 0.2) is 0 Å². The summed E-state index contributed by atoms with van der Waals surface area (Å²) in [4.78, 5) is 22.7. The fourth-order valence-corrected chi connectivity index (χ4v) is 2.51. The van der Waals surface area contributed by atoms with Crippen LogP contribution in [0.15, 0.2) is 18.2 Å². The zero-order valence-electron chi connectivity index (χ0n) is 11.3. The Bertz CT molecular complexity index is 535. The first kappa shape index (κ1) is 14.3. The van der Waals surface area contributed by atoms with Gasteiger partial charge in [0.05, 0.1) is 10.5 Å². The van der Waals surface area contributed by atoms with Crippen LogP contribution in [0.3, 0.4) is 0 Å². The molecule has 1 fully saturated rings. The van der Waals surface area contributed by atoms with Crippen molar-refractivity contribution in [2.24, 2.45) is 5.84 Å². The number of nitro benzene ring substituents is 1. The molecular weight excluding hydrogens is 260 g/mol. The van der Waals surface area contributed by atoms with Crippen molar-refractivity contribution in [2.45, 2.75) is 38.1 Å². The quantitative estimate of drug-likeness (QED) is 0.433. The van der Waals surface area contributed by atoms with Gasteiger partial charge in [0.1, 0.15) is 5.69 Å². The molecule has 108 valence electrons. The number of benzene rings is 1. The number of para-hydroxylation sites is 1. The lowest BCUT2D eigenvalue weighted by Gasteiger charge is -2.42. The van der Waals surface area contributed by atoms with E-state index < -0.39 is 4.92 Å². The lowest BCUT2D eigenvalue weighted by molar-refractivity contribution is -0.384. The van der Waals surface area contributed by atoms with Gasteiger partial charge in [-0.1, -0.05) is 13.0 Å². The number of nitrogens with two attached hydrogens (primary N) is 1. The van der Waals surface area contributed by atoms with Gasteiger partial charge in [-0.15, -0.1) is 0 Å². The van der Waals surface area contributed by atoms with E-state index in [4.69, 9.17) is 5.84 Å². The van der Waals surface area contributed by atoms with E-state index in [0.717, 1.165) is 25.7 Å². The molecule has 0 unspecified atom stereocenters. The van der Waals surface area contributed by atoms with Crippen LogP contribution >= 0.6 is 0 Å². The lowest BCUT2D eigenvalue weighted by Crippen LogP contribution is -2.53. The standard InChI is InChI=1S/C13H18N4O3/c1-2-13(7-4-8-13)15-12(18)9-5-3-6-10(17(19)20)11(9)16-14/h3,5-6,16H,2,4,7-8,14H2,1H3,(H,15,18). The molecule has 7 heteroatoms. The number of nitro groups is 1. The van der Waals surface area contributed by atoms with E-state index >= 15 is 0 Å². The van der Waals surface area contributed by atoms with E-state index in [-0.39, 0.29) is 28.4 Å². The summed E-state index contributed by atoms with van der Waals surface area (Å²) >= 11 is 0. The van der Waals surface area contributed by atoms with Crippen LogP contribution in [0, 0.1) is 10.1 Å². The van der Waals surface area contributed by atoms with Crippen LogP contribution in [0.1, 0.15) is 43.0 Å². The summed E-state index contributed by atoms with van der Waals surface area (Å²) in [6.07, 6.45) is 3.81. The van der Waals surface area contributed by atoms with E-state index in [2.05, 4.69) is 10.7 Å². The lowest BCUT2D eigenvalue weighted by atomic mass is 9.74. The number of nitrogen functional groups attached to an aromatic ring is 1. The molecule has 0 aliphatic heterocycles. The molecule has 1 aliphatic rings. The molecule has 20 heavy (non-hydrogen) atoms. The average molecular weight is 278 g/mol. The molecule has 0 bridgehead atoms. The number of hydrogen-bond donors (Lipinski definition) is 3. The molecule has 1 aromatic rings. The van der Waals surface area contributed by atoms with Gasteiger partial charge in [-0.3, -0.25) is 20.8 Å². The maximum absolute atomic E-state index is 12.3. The average Bonchev–Trinajstić information content (AvgIpc) is 2.41. The van der Waals surface area contributed by atoms with Gasteiger partial charge in [0.25, 0.3) is 11.6 Å². The highest BCUT2D eigenvalue weighted by atomic mass is 16.6. The first-order valence-corrected chi connectivity index (χ1v) is 6.59. The first-order valence-electron chi connectivity index (χ1n) is 6.59. The molecule has 1 saturated carbocycles. The van der Waals surface area contributed by atoms with Crippen molar-refractivity contribution in [3.63, 3.8) is 0 Å². The Morgan fingerprint density at radius 1 is 1.50 bits per heavy atom. The van der Waals surface area contributed by atoms with Crippen LogP contribution in [0.4, 0.5) is 11.4 Å². The third-order valence-electron chi connectivity index (χ3n) is 3.99. The fraction of sp³-hybridized carbons (Fsp3) is 0.462. The maximum atomic E-state index is 12.3. The zero-order chi connectivity index (χ0) is 14.8. The van der Waals surface area contributed by atoms with E-state index in [9.17, 15) is 14.9 Å². The minimum absolute atomic E-state index is 0.0422. The number of nitrogens with one attached hydrogen (secondary N) is 2. The first-order chi connectivity index (χ1) is 9.53. The van der Waals surface area contributed by atoms with Gasteiger partial charge in [-0.25, -0.2) is 0 Å². The predicted octanol–water partition coefficient (Wildman–Crippen LogP) is 1.94. The summed E-state index contributed by atoms with van der Waals surface area (Å²) < 4.78 is 0. The van der Waals surface area contributed by atoms with Gasteiger partial charge in [0.2, 0.25) is 0 Å². The molecule has 7 nitrogen and oxygen atoms in total. The van der Waals surface area contributed by atoms with Crippen LogP contribution in [0.5, 0.6) is 0 Å². The normalized spacial score (nSPS) is 16.1. The van der Waals surface area contributed by atoms with Crippen molar-refractivity contribution in [3.8, 4) is 0 Å². The van der Waals surface area contributed by atoms with E-state index in [1.807, 2.05) is 6.92 Å². The fourth-order valence-electron chi connectivity index (χ4n) is 2.51. The molecule has 0 atom stereocenters. The van der Waals surface area contributed by atoms with Crippen LogP contribution in [0.2, 0.25) is 0 Å². The van der Waals surface area contributed by atoms with Gasteiger partial charge in [0, 0.05) is 11.6 Å². The molecule has 0 heterocycles. The smallest absolute Gasteiger partial charge is 0.294 e. The zero-order valence-corrected chi connectivity index (χ0v) is 11.3. The number of carbonyl (C=O) groups excluding carboxylic acids is 1. The van der Waals surface area contributed by atoms with Gasteiger partial charge < -0.3 is 10.7 Å². The third kappa shape index (κ3) is 2.44. The van der Waals surface area contributed by atoms with Gasteiger partial charge in [-0.2, -0.15) is 0 Å². The Morgan fingerprint density at radius 2 is 2.20 bits per heavy atom. The monoisotopic (exact) mass is 278 g/mol. The highest BCUT2D eigenvalue weighted by molar-refractivity contribution is 6.02. The number of amides is 1. The van der Waals surface area contributed by atoms with Crippen molar-refractivity contribution >= 4 is 17.3 Å². The van der Waals surface area contributed by atoms with Crippen LogP contribution < -0.4 is 16.6 Å². The molecule has 0 spiro atoms. The van der Waals surface area contributed by atoms with Crippen LogP contribution in [-0.2, 0) is 0 Å². The number of anilines is 1. The van der Waals surface area contributed by atoms with Crippen molar-refractivity contribution in [2.75, 3.05) is 5.43 Å². The molecule has 4 N–H and O–H groups in total. The summed E-state index contributed by atoms with van der Waals surface area (Å²) in [6.45, 7) is 2.02. The van der Waals surface area contributed by atoms with Crippen molar-refractivity contribution in [3.05, 3.63) is 33.9 Å². The molecule has 2 rings (SSSR count). The van der Waals surface area contributed by atoms with Crippen molar-refractivity contribution < 1.29 is 9.72 Å². The number of hydrogen-bond acceptors (Lipinski definition) is 5. The van der Waals surface area contributed by atoms with Crippen LogP contribution in [-0.4, -0.2) is 16.4 Å². The Kier molecular flexibility index (Phi) is 3.89. The second-order valence-corrected chi connectivity index (χ2v) is 5.04. The number of nitrogens with zero attached hydrogens (tertiary/aromatic N) is 1. The SMILES string of the molecule is CCC1(NC(=O)c2cccc([N+](=O)[O-])c2NN)CCC1. The molecule has 1 amide bonds. The summed E-state index contributed by atoms with van der Waals surface area (Å²) in [5.41, 5.74) is 2.12. The van der Waals surface area contributed by atoms with E-state index in [0.29, 0.717) is 0 Å². The Labute approximate surface area is 116 Å². The van der Waals surface area contributed by atoms with Gasteiger partial charge >= 0.3 is 0 Å². The Balaban J connectivity index is 2.30. The van der Waals surface area contributed by atoms with E-state index in [1.165, 1.54) is 18.2 Å². The predicted molar refractivity (Wildman–Crippen MR) is 75.2 cm³/mol. The van der Waals surface area contributed by atoms with Gasteiger partial charge in [-0.05, 0) is 31.7 Å². The Morgan fingerprint density at radius 3 is 2.65 bits per heavy atom. The second-order valence-electron chi connectivity index (χ2n) is 5.04. The third-order valence-corrected chi connectivity index (χ3v) is 3.99.